The first-order valence-electron chi connectivity index (χ1n) is 9.05. The Morgan fingerprint density at radius 2 is 1.61 bits per heavy atom. The van der Waals surface area contributed by atoms with Gasteiger partial charge in [-0.3, -0.25) is 9.27 Å². The fraction of sp³-hybridized carbons (Fsp3) is 0.158. The van der Waals surface area contributed by atoms with Crippen molar-refractivity contribution in [1.29, 1.82) is 0 Å². The number of anilines is 5. The summed E-state index contributed by atoms with van der Waals surface area (Å²) in [5, 5.41) is 5.33. The molecule has 0 unspecified atom stereocenters. The monoisotopic (exact) mass is 483 g/mol. The maximum Gasteiger partial charge on any atom is 0.357 e. The van der Waals surface area contributed by atoms with Crippen LogP contribution in [0.15, 0.2) is 36.5 Å². The number of benzene rings is 2. The third-order valence-corrected chi connectivity index (χ3v) is 4.62. The van der Waals surface area contributed by atoms with Gasteiger partial charge in [0.2, 0.25) is 11.7 Å². The Balaban J connectivity index is 1.94. The first kappa shape index (κ1) is 23.7. The SMILES string of the molecule is COc1cc(Nc2ncc(F)c(Nc3cc(F)ccc3NS(=O)(=O)O)n2)cc(OC)c1OC. The molecule has 0 saturated carbocycles. The zero-order valence-electron chi connectivity index (χ0n) is 17.5. The minimum Gasteiger partial charge on any atom is -0.493 e. The third kappa shape index (κ3) is 5.87. The summed E-state index contributed by atoms with van der Waals surface area (Å²) in [6, 6.07) is 6.02. The first-order valence-corrected chi connectivity index (χ1v) is 10.5. The fourth-order valence-corrected chi connectivity index (χ4v) is 3.23. The lowest BCUT2D eigenvalue weighted by molar-refractivity contribution is 0.324. The second-order valence-corrected chi connectivity index (χ2v) is 7.48. The predicted octanol–water partition coefficient (Wildman–Crippen LogP) is 3.48. The Kier molecular flexibility index (Phi) is 6.98. The molecule has 4 N–H and O–H groups in total. The molecule has 3 aromatic rings. The average molecular weight is 483 g/mol. The van der Waals surface area contributed by atoms with Gasteiger partial charge in [-0.25, -0.2) is 13.8 Å². The summed E-state index contributed by atoms with van der Waals surface area (Å²) in [4.78, 5) is 7.85. The van der Waals surface area contributed by atoms with Crippen LogP contribution >= 0.6 is 0 Å². The van der Waals surface area contributed by atoms with E-state index in [0.29, 0.717) is 22.9 Å². The Morgan fingerprint density at radius 1 is 0.939 bits per heavy atom. The van der Waals surface area contributed by atoms with E-state index >= 15 is 0 Å². The van der Waals surface area contributed by atoms with Crippen LogP contribution in [0.3, 0.4) is 0 Å². The van der Waals surface area contributed by atoms with Gasteiger partial charge < -0.3 is 24.8 Å². The van der Waals surface area contributed by atoms with Crippen molar-refractivity contribution in [3.8, 4) is 17.2 Å². The normalized spacial score (nSPS) is 11.0. The molecule has 0 spiro atoms. The van der Waals surface area contributed by atoms with Crippen molar-refractivity contribution in [3.63, 3.8) is 0 Å². The predicted molar refractivity (Wildman–Crippen MR) is 116 cm³/mol. The number of hydrogen-bond acceptors (Lipinski definition) is 9. The largest absolute Gasteiger partial charge is 0.493 e. The highest BCUT2D eigenvalue weighted by Gasteiger charge is 2.16. The topological polar surface area (TPSA) is 144 Å². The Morgan fingerprint density at radius 3 is 2.18 bits per heavy atom. The van der Waals surface area contributed by atoms with E-state index in [0.717, 1.165) is 24.4 Å². The number of rotatable bonds is 9. The van der Waals surface area contributed by atoms with Crippen molar-refractivity contribution in [3.05, 3.63) is 48.2 Å². The van der Waals surface area contributed by atoms with Gasteiger partial charge in [0.1, 0.15) is 5.82 Å². The summed E-state index contributed by atoms with van der Waals surface area (Å²) >= 11 is 0. The molecule has 2 aromatic carbocycles. The molecule has 11 nitrogen and oxygen atoms in total. The van der Waals surface area contributed by atoms with Crippen molar-refractivity contribution in [2.75, 3.05) is 36.7 Å². The number of halogens is 2. The van der Waals surface area contributed by atoms with E-state index in [-0.39, 0.29) is 17.3 Å². The van der Waals surface area contributed by atoms with Crippen LogP contribution in [0.25, 0.3) is 0 Å². The van der Waals surface area contributed by atoms with Crippen molar-refractivity contribution >= 4 is 39.1 Å². The smallest absolute Gasteiger partial charge is 0.357 e. The maximum atomic E-state index is 14.3. The van der Waals surface area contributed by atoms with Crippen LogP contribution in [0.5, 0.6) is 17.2 Å². The average Bonchev–Trinajstić information content (AvgIpc) is 2.76. The molecule has 0 aliphatic carbocycles. The van der Waals surface area contributed by atoms with Gasteiger partial charge in [-0.2, -0.15) is 13.4 Å². The van der Waals surface area contributed by atoms with Gasteiger partial charge in [0.25, 0.3) is 0 Å². The van der Waals surface area contributed by atoms with E-state index in [1.165, 1.54) is 21.3 Å². The van der Waals surface area contributed by atoms with Crippen molar-refractivity contribution in [2.24, 2.45) is 0 Å². The zero-order valence-corrected chi connectivity index (χ0v) is 18.3. The molecule has 3 rings (SSSR count). The van der Waals surface area contributed by atoms with E-state index in [1.807, 2.05) is 0 Å². The number of methoxy groups -OCH3 is 3. The maximum absolute atomic E-state index is 14.3. The first-order chi connectivity index (χ1) is 15.6. The van der Waals surface area contributed by atoms with Crippen LogP contribution < -0.4 is 29.6 Å². The highest BCUT2D eigenvalue weighted by Crippen LogP contribution is 2.40. The van der Waals surface area contributed by atoms with E-state index in [4.69, 9.17) is 18.8 Å². The summed E-state index contributed by atoms with van der Waals surface area (Å²) in [6.45, 7) is 0. The van der Waals surface area contributed by atoms with Crippen molar-refractivity contribution in [1.82, 2.24) is 9.97 Å². The van der Waals surface area contributed by atoms with E-state index in [9.17, 15) is 17.2 Å². The lowest BCUT2D eigenvalue weighted by Crippen LogP contribution is -2.12. The minimum atomic E-state index is -4.67. The standard InChI is InChI=1S/C19H19F2N5O6S/c1-30-15-7-11(8-16(31-2)17(15)32-3)23-19-22-9-12(21)18(25-19)24-14-6-10(20)4-5-13(14)26-33(27,28)29/h4-9,26H,1-3H3,(H,27,28,29)(H2,22,23,24,25). The van der Waals surface area contributed by atoms with Crippen LogP contribution in [0.1, 0.15) is 0 Å². The highest BCUT2D eigenvalue weighted by molar-refractivity contribution is 7.87. The van der Waals surface area contributed by atoms with E-state index in [1.54, 1.807) is 16.9 Å². The molecule has 0 aliphatic rings. The number of aromatic nitrogens is 2. The number of hydrogen-bond donors (Lipinski definition) is 4. The minimum absolute atomic E-state index is 0.0612. The van der Waals surface area contributed by atoms with E-state index in [2.05, 4.69) is 20.6 Å². The Bertz CT molecular complexity index is 1250. The lowest BCUT2D eigenvalue weighted by Gasteiger charge is -2.15. The van der Waals surface area contributed by atoms with Crippen molar-refractivity contribution < 1.29 is 36.0 Å². The quantitative estimate of drug-likeness (QED) is 0.334. The fourth-order valence-electron chi connectivity index (χ4n) is 2.77. The Labute approximate surface area is 187 Å². The molecule has 176 valence electrons. The van der Waals surface area contributed by atoms with Gasteiger partial charge in [-0.1, -0.05) is 0 Å². The molecule has 0 fully saturated rings. The third-order valence-electron chi connectivity index (χ3n) is 4.14. The number of nitrogens with zero attached hydrogens (tertiary/aromatic N) is 2. The van der Waals surface area contributed by atoms with Crippen LogP contribution in [0, 0.1) is 11.6 Å². The summed E-state index contributed by atoms with van der Waals surface area (Å²) in [5.41, 5.74) is -0.0263. The molecule has 33 heavy (non-hydrogen) atoms. The molecule has 0 atom stereocenters. The molecule has 0 radical (unpaired) electrons. The van der Waals surface area contributed by atoms with E-state index < -0.39 is 27.8 Å². The summed E-state index contributed by atoms with van der Waals surface area (Å²) in [7, 11) is -0.339. The zero-order chi connectivity index (χ0) is 24.2. The lowest BCUT2D eigenvalue weighted by atomic mass is 10.2. The van der Waals surface area contributed by atoms with Gasteiger partial charge in [-0.15, -0.1) is 0 Å². The second kappa shape index (κ2) is 9.70. The molecule has 1 heterocycles. The number of ether oxygens (including phenoxy) is 3. The number of nitrogens with one attached hydrogen (secondary N) is 3. The van der Waals surface area contributed by atoms with Gasteiger partial charge in [0.05, 0.1) is 38.9 Å². The molecular formula is C19H19F2N5O6S. The highest BCUT2D eigenvalue weighted by atomic mass is 32.2. The second-order valence-electron chi connectivity index (χ2n) is 6.32. The summed E-state index contributed by atoms with van der Waals surface area (Å²) in [5.74, 6) is -1.06. The van der Waals surface area contributed by atoms with Crippen LogP contribution in [0.2, 0.25) is 0 Å². The van der Waals surface area contributed by atoms with Gasteiger partial charge in [0.15, 0.2) is 23.1 Å². The molecular weight excluding hydrogens is 464 g/mol. The van der Waals surface area contributed by atoms with Crippen LogP contribution in [0.4, 0.5) is 37.6 Å². The van der Waals surface area contributed by atoms with Crippen LogP contribution in [-0.4, -0.2) is 44.3 Å². The van der Waals surface area contributed by atoms with Crippen LogP contribution in [-0.2, 0) is 10.3 Å². The van der Waals surface area contributed by atoms with Gasteiger partial charge in [-0.05, 0) is 18.2 Å². The Hall–Kier alpha value is -3.91. The molecule has 0 amide bonds. The van der Waals surface area contributed by atoms with Gasteiger partial charge in [0, 0.05) is 17.8 Å². The van der Waals surface area contributed by atoms with Crippen molar-refractivity contribution in [2.45, 2.75) is 0 Å². The molecule has 0 saturated heterocycles. The molecule has 1 aromatic heterocycles. The van der Waals surface area contributed by atoms with Gasteiger partial charge >= 0.3 is 10.3 Å². The molecule has 14 heteroatoms. The molecule has 0 aliphatic heterocycles. The molecule has 0 bridgehead atoms. The summed E-state index contributed by atoms with van der Waals surface area (Å²) < 4.78 is 76.9. The summed E-state index contributed by atoms with van der Waals surface area (Å²) in [6.07, 6.45) is 0.852.